The maximum atomic E-state index is 12.4. The van der Waals surface area contributed by atoms with Crippen LogP contribution in [-0.2, 0) is 5.60 Å². The van der Waals surface area contributed by atoms with E-state index in [4.69, 9.17) is 6.57 Å². The molecule has 0 saturated heterocycles. The zero-order valence-corrected chi connectivity index (χ0v) is 19.9. The second kappa shape index (κ2) is 9.10. The van der Waals surface area contributed by atoms with E-state index in [1.807, 2.05) is 42.5 Å². The number of aliphatic hydroxyl groups is 1. The molecule has 0 fully saturated rings. The van der Waals surface area contributed by atoms with E-state index in [1.165, 1.54) is 0 Å². The summed E-state index contributed by atoms with van der Waals surface area (Å²) < 4.78 is 1.80. The number of hydrogen-bond acceptors (Lipinski definition) is 2. The minimum Gasteiger partial charge on any atom is -0.376 e. The van der Waals surface area contributed by atoms with Crippen LogP contribution < -0.4 is 0 Å². The van der Waals surface area contributed by atoms with E-state index in [9.17, 15) is 10.4 Å². The summed E-state index contributed by atoms with van der Waals surface area (Å²) in [4.78, 5) is 3.47. The number of nitrogens with zero attached hydrogens (tertiary/aromatic N) is 2. The third-order valence-corrected chi connectivity index (χ3v) is 6.39. The van der Waals surface area contributed by atoms with E-state index in [1.54, 1.807) is 48.5 Å². The van der Waals surface area contributed by atoms with E-state index in [-0.39, 0.29) is 0 Å². The normalized spacial score (nSPS) is 12.4. The van der Waals surface area contributed by atoms with Crippen molar-refractivity contribution < 1.29 is 5.11 Å². The topological polar surface area (TPSA) is 48.4 Å². The molecule has 32 heavy (non-hydrogen) atoms. The molecule has 1 N–H and O–H groups in total. The molecule has 4 rings (SSSR count). The van der Waals surface area contributed by atoms with E-state index < -0.39 is 5.60 Å². The Hall–Kier alpha value is -3.22. The van der Waals surface area contributed by atoms with E-state index in [0.717, 1.165) is 20.1 Å². The summed E-state index contributed by atoms with van der Waals surface area (Å²) in [6, 6.07) is 29.8. The fourth-order valence-electron chi connectivity index (χ4n) is 3.74. The Kier molecular flexibility index (Phi) is 6.26. The molecule has 4 aromatic carbocycles. The molecule has 0 aliphatic rings. The minimum atomic E-state index is -1.51. The minimum absolute atomic E-state index is 0.498. The summed E-state index contributed by atoms with van der Waals surface area (Å²) >= 11 is 7.04. The van der Waals surface area contributed by atoms with Crippen LogP contribution in [0.2, 0.25) is 0 Å². The molecule has 0 saturated carbocycles. The predicted molar refractivity (Wildman–Crippen MR) is 133 cm³/mol. The molecule has 0 heterocycles. The average Bonchev–Trinajstić information content (AvgIpc) is 2.84. The third kappa shape index (κ3) is 4.11. The van der Waals surface area contributed by atoms with Crippen LogP contribution in [0.4, 0.5) is 5.69 Å². The molecular formula is C27H16Br2N2O. The lowest BCUT2D eigenvalue weighted by molar-refractivity contribution is 0.126. The van der Waals surface area contributed by atoms with Crippen LogP contribution >= 0.6 is 31.9 Å². The first-order valence-corrected chi connectivity index (χ1v) is 11.3. The number of nitriles is 1. The van der Waals surface area contributed by atoms with Crippen LogP contribution in [0.5, 0.6) is 0 Å². The van der Waals surface area contributed by atoms with Crippen LogP contribution in [0.15, 0.2) is 99.9 Å². The maximum Gasteiger partial charge on any atom is 0.187 e. The highest BCUT2D eigenvalue weighted by atomic mass is 79.9. The molecule has 0 amide bonds. The number of halogens is 2. The van der Waals surface area contributed by atoms with Gasteiger partial charge >= 0.3 is 0 Å². The third-order valence-electron chi connectivity index (χ3n) is 5.37. The molecule has 4 aromatic rings. The fraction of sp³-hybridized carbons (Fsp3) is 0.0370. The number of hydrogen-bond donors (Lipinski definition) is 1. The maximum absolute atomic E-state index is 12.4. The standard InChI is InChI=1S/C27H16Br2N2O/c1-31-24-13-8-21(9-14-24)27(32,20-6-2-18(17-30)3-7-20)26-16-23(29)12-15-25(26)19-4-10-22(28)11-5-19/h2-16,32H. The molecule has 0 aliphatic carbocycles. The quantitative estimate of drug-likeness (QED) is 0.213. The van der Waals surface area contributed by atoms with Crippen molar-refractivity contribution in [2.75, 3.05) is 0 Å². The van der Waals surface area contributed by atoms with Gasteiger partial charge < -0.3 is 5.11 Å². The van der Waals surface area contributed by atoms with Gasteiger partial charge in [-0.25, -0.2) is 4.85 Å². The number of benzene rings is 4. The Labute approximate surface area is 203 Å². The summed E-state index contributed by atoms with van der Waals surface area (Å²) in [5, 5.41) is 21.6. The molecule has 0 bridgehead atoms. The van der Waals surface area contributed by atoms with Crippen molar-refractivity contribution >= 4 is 37.5 Å². The Morgan fingerprint density at radius 1 is 0.781 bits per heavy atom. The van der Waals surface area contributed by atoms with Crippen LogP contribution in [0.3, 0.4) is 0 Å². The lowest BCUT2D eigenvalue weighted by Gasteiger charge is -2.32. The predicted octanol–water partition coefficient (Wildman–Crippen LogP) is 7.59. The van der Waals surface area contributed by atoms with Crippen LogP contribution in [0.1, 0.15) is 22.3 Å². The smallest absolute Gasteiger partial charge is 0.187 e. The molecular weight excluding hydrogens is 528 g/mol. The number of rotatable bonds is 4. The van der Waals surface area contributed by atoms with Crippen molar-refractivity contribution in [3.05, 3.63) is 134 Å². The molecule has 154 valence electrons. The van der Waals surface area contributed by atoms with Crippen molar-refractivity contribution in [3.8, 4) is 17.2 Å². The van der Waals surface area contributed by atoms with Crippen LogP contribution in [0, 0.1) is 17.9 Å². The lowest BCUT2D eigenvalue weighted by Crippen LogP contribution is -2.29. The van der Waals surface area contributed by atoms with Gasteiger partial charge in [0.15, 0.2) is 5.69 Å². The second-order valence-corrected chi connectivity index (χ2v) is 9.09. The van der Waals surface area contributed by atoms with E-state index in [0.29, 0.717) is 27.9 Å². The molecule has 0 spiro atoms. The van der Waals surface area contributed by atoms with Crippen molar-refractivity contribution in [1.82, 2.24) is 0 Å². The van der Waals surface area contributed by atoms with Crippen molar-refractivity contribution in [3.63, 3.8) is 0 Å². The Bertz CT molecular complexity index is 1290. The highest BCUT2D eigenvalue weighted by Crippen LogP contribution is 2.43. The van der Waals surface area contributed by atoms with Crippen molar-refractivity contribution in [2.45, 2.75) is 5.60 Å². The van der Waals surface area contributed by atoms with Crippen LogP contribution in [0.25, 0.3) is 16.0 Å². The second-order valence-electron chi connectivity index (χ2n) is 7.26. The van der Waals surface area contributed by atoms with Gasteiger partial charge in [-0.05, 0) is 58.7 Å². The summed E-state index contributed by atoms with van der Waals surface area (Å²) in [6.07, 6.45) is 0. The van der Waals surface area contributed by atoms with Gasteiger partial charge in [-0.1, -0.05) is 86.5 Å². The van der Waals surface area contributed by atoms with Crippen molar-refractivity contribution in [1.29, 1.82) is 5.26 Å². The first-order chi connectivity index (χ1) is 15.5. The molecule has 3 nitrogen and oxygen atoms in total. The van der Waals surface area contributed by atoms with Gasteiger partial charge in [0.1, 0.15) is 5.60 Å². The molecule has 0 aliphatic heterocycles. The zero-order valence-electron chi connectivity index (χ0n) is 16.8. The molecule has 5 heteroatoms. The summed E-state index contributed by atoms with van der Waals surface area (Å²) in [7, 11) is 0. The average molecular weight is 544 g/mol. The van der Waals surface area contributed by atoms with Crippen LogP contribution in [-0.4, -0.2) is 5.11 Å². The SMILES string of the molecule is [C-]#[N+]c1ccc(C(O)(c2ccc(C#N)cc2)c2cc(Br)ccc2-c2ccc(Br)cc2)cc1. The Morgan fingerprint density at radius 2 is 1.34 bits per heavy atom. The molecule has 1 unspecified atom stereocenters. The highest BCUT2D eigenvalue weighted by molar-refractivity contribution is 9.10. The molecule has 0 aromatic heterocycles. The summed E-state index contributed by atoms with van der Waals surface area (Å²) in [5.74, 6) is 0. The van der Waals surface area contributed by atoms with Gasteiger partial charge in [0, 0.05) is 14.5 Å². The highest BCUT2D eigenvalue weighted by Gasteiger charge is 2.36. The fourth-order valence-corrected chi connectivity index (χ4v) is 4.36. The first kappa shape index (κ1) is 22.0. The summed E-state index contributed by atoms with van der Waals surface area (Å²) in [6.45, 7) is 7.26. The first-order valence-electron chi connectivity index (χ1n) is 9.72. The van der Waals surface area contributed by atoms with Gasteiger partial charge in [0.05, 0.1) is 18.2 Å². The van der Waals surface area contributed by atoms with E-state index in [2.05, 4.69) is 42.8 Å². The largest absolute Gasteiger partial charge is 0.376 e. The van der Waals surface area contributed by atoms with Gasteiger partial charge in [-0.3, -0.25) is 0 Å². The van der Waals surface area contributed by atoms with Gasteiger partial charge in [0.2, 0.25) is 0 Å². The van der Waals surface area contributed by atoms with Gasteiger partial charge in [-0.15, -0.1) is 0 Å². The summed E-state index contributed by atoms with van der Waals surface area (Å²) in [5.41, 5.74) is 3.28. The van der Waals surface area contributed by atoms with Gasteiger partial charge in [0.25, 0.3) is 0 Å². The van der Waals surface area contributed by atoms with Crippen molar-refractivity contribution in [2.24, 2.45) is 0 Å². The molecule has 1 atom stereocenters. The Balaban J connectivity index is 2.02. The lowest BCUT2D eigenvalue weighted by atomic mass is 9.77. The zero-order chi connectivity index (χ0) is 22.7. The molecule has 0 radical (unpaired) electrons. The van der Waals surface area contributed by atoms with E-state index >= 15 is 0 Å². The van der Waals surface area contributed by atoms with Gasteiger partial charge in [-0.2, -0.15) is 5.26 Å². The Morgan fingerprint density at radius 3 is 1.91 bits per heavy atom. The monoisotopic (exact) mass is 542 g/mol.